The molecule has 8 rings (SSSR count). The molecule has 3 heterocycles. The summed E-state index contributed by atoms with van der Waals surface area (Å²) in [5.74, 6) is 2.01. The Labute approximate surface area is 333 Å². The molecule has 1 saturated heterocycles. The first-order valence-electron chi connectivity index (χ1n) is 18.8. The van der Waals surface area contributed by atoms with E-state index in [4.69, 9.17) is 19.4 Å². The second-order valence-corrected chi connectivity index (χ2v) is 15.4. The van der Waals surface area contributed by atoms with E-state index in [0.29, 0.717) is 30.9 Å². The topological polar surface area (TPSA) is 138 Å². The van der Waals surface area contributed by atoms with Crippen LogP contribution in [0.5, 0.6) is 11.5 Å². The normalized spacial score (nSPS) is 14.1. The van der Waals surface area contributed by atoms with Gasteiger partial charge in [-0.05, 0) is 89.5 Å². The largest absolute Gasteiger partial charge is 0.489 e. The Balaban J connectivity index is 0.954. The summed E-state index contributed by atoms with van der Waals surface area (Å²) in [5, 5.41) is 11.3. The average Bonchev–Trinajstić information content (AvgIpc) is 3.84. The maximum absolute atomic E-state index is 11.9. The number of rotatable bonds is 14. The molecule has 1 aliphatic heterocycles. The lowest BCUT2D eigenvalue weighted by Gasteiger charge is -2.12. The molecule has 1 fully saturated rings. The molecule has 1 unspecified atom stereocenters. The van der Waals surface area contributed by atoms with Gasteiger partial charge in [-0.25, -0.2) is 14.8 Å². The third kappa shape index (κ3) is 7.99. The highest BCUT2D eigenvalue weighted by molar-refractivity contribution is 8.15. The minimum atomic E-state index is -0.943. The van der Waals surface area contributed by atoms with Gasteiger partial charge in [-0.15, -0.1) is 0 Å². The highest BCUT2D eigenvalue weighted by Crippen LogP contribution is 2.29. The predicted molar refractivity (Wildman–Crippen MR) is 221 cm³/mol. The summed E-state index contributed by atoms with van der Waals surface area (Å²) in [5.41, 5.74) is 9.80. The number of amides is 2. The van der Waals surface area contributed by atoms with E-state index in [2.05, 4.69) is 48.0 Å². The Morgan fingerprint density at radius 2 is 1.56 bits per heavy atom. The summed E-state index contributed by atoms with van der Waals surface area (Å²) in [6.45, 7) is 5.52. The molecule has 0 spiro atoms. The number of aryl methyl sites for hydroxylation is 3. The van der Waals surface area contributed by atoms with Gasteiger partial charge in [0.05, 0.1) is 32.9 Å². The molecule has 57 heavy (non-hydrogen) atoms. The van der Waals surface area contributed by atoms with Gasteiger partial charge in [0.15, 0.2) is 0 Å². The van der Waals surface area contributed by atoms with E-state index in [1.54, 1.807) is 12.1 Å². The summed E-state index contributed by atoms with van der Waals surface area (Å²) in [6.07, 6.45) is 2.29. The van der Waals surface area contributed by atoms with Gasteiger partial charge in [0.1, 0.15) is 36.4 Å². The fourth-order valence-corrected chi connectivity index (χ4v) is 8.16. The number of aromatic carboxylic acids is 1. The van der Waals surface area contributed by atoms with Gasteiger partial charge in [-0.2, -0.15) is 0 Å². The average molecular weight is 780 g/mol. The maximum atomic E-state index is 11.9. The van der Waals surface area contributed by atoms with Crippen molar-refractivity contribution in [3.05, 3.63) is 143 Å². The Morgan fingerprint density at radius 1 is 0.825 bits per heavy atom. The van der Waals surface area contributed by atoms with Crippen LogP contribution in [0.3, 0.4) is 0 Å². The van der Waals surface area contributed by atoms with Crippen molar-refractivity contribution < 1.29 is 29.0 Å². The van der Waals surface area contributed by atoms with Crippen molar-refractivity contribution in [1.29, 1.82) is 0 Å². The number of imide groups is 1. The van der Waals surface area contributed by atoms with Gasteiger partial charge in [0, 0.05) is 26.1 Å². The highest BCUT2D eigenvalue weighted by atomic mass is 32.2. The number of hydrogen-bond donors (Lipinski definition) is 2. The van der Waals surface area contributed by atoms with Crippen LogP contribution in [0.25, 0.3) is 33.2 Å². The summed E-state index contributed by atoms with van der Waals surface area (Å²) in [6, 6.07) is 32.9. The fourth-order valence-electron chi connectivity index (χ4n) is 7.30. The van der Waals surface area contributed by atoms with E-state index in [1.165, 1.54) is 0 Å². The number of aromatic nitrogens is 4. The first-order chi connectivity index (χ1) is 27.6. The van der Waals surface area contributed by atoms with Crippen molar-refractivity contribution in [1.82, 2.24) is 24.4 Å². The van der Waals surface area contributed by atoms with Crippen LogP contribution >= 0.6 is 11.8 Å². The second-order valence-electron chi connectivity index (χ2n) is 14.2. The number of hydrogen-bond acceptors (Lipinski definition) is 8. The quantitative estimate of drug-likeness (QED) is 0.111. The molecule has 0 aliphatic carbocycles. The Kier molecular flexibility index (Phi) is 10.5. The number of benzene rings is 5. The van der Waals surface area contributed by atoms with Crippen LogP contribution in [0.2, 0.25) is 0 Å². The molecule has 7 aromatic rings. The monoisotopic (exact) mass is 779 g/mol. The molecule has 0 bridgehead atoms. The molecule has 5 aromatic carbocycles. The van der Waals surface area contributed by atoms with Crippen LogP contribution in [0, 0.1) is 6.92 Å². The van der Waals surface area contributed by atoms with Gasteiger partial charge < -0.3 is 23.7 Å². The minimum absolute atomic E-state index is 0.248. The molecule has 2 amide bonds. The Hall–Kier alpha value is -6.40. The summed E-state index contributed by atoms with van der Waals surface area (Å²) in [7, 11) is 1.96. The number of thioether (sulfide) groups is 1. The number of carboxylic acids is 1. The molecule has 0 radical (unpaired) electrons. The van der Waals surface area contributed by atoms with E-state index < -0.39 is 11.2 Å². The van der Waals surface area contributed by atoms with Crippen LogP contribution in [0.4, 0.5) is 4.79 Å². The van der Waals surface area contributed by atoms with Gasteiger partial charge in [0.25, 0.3) is 5.24 Å². The van der Waals surface area contributed by atoms with Crippen LogP contribution in [-0.2, 0) is 44.4 Å². The van der Waals surface area contributed by atoms with Crippen molar-refractivity contribution in [2.24, 2.45) is 7.05 Å². The lowest BCUT2D eigenvalue weighted by atomic mass is 9.98. The lowest BCUT2D eigenvalue weighted by Crippen LogP contribution is -2.25. The fraction of sp³-hybridized carbons (Fsp3) is 0.222. The van der Waals surface area contributed by atoms with Crippen molar-refractivity contribution >= 4 is 50.9 Å². The highest BCUT2D eigenvalue weighted by Gasteiger charge is 2.31. The molecular weight excluding hydrogens is 739 g/mol. The first-order valence-corrected chi connectivity index (χ1v) is 19.7. The number of fused-ring (bicyclic) bond motifs is 2. The number of imidazole rings is 2. The smallest absolute Gasteiger partial charge is 0.336 e. The van der Waals surface area contributed by atoms with Crippen molar-refractivity contribution in [2.75, 3.05) is 0 Å². The van der Waals surface area contributed by atoms with E-state index >= 15 is 0 Å². The van der Waals surface area contributed by atoms with Gasteiger partial charge in [-0.3, -0.25) is 14.9 Å². The van der Waals surface area contributed by atoms with Crippen molar-refractivity contribution in [2.45, 2.75) is 58.1 Å². The van der Waals surface area contributed by atoms with Gasteiger partial charge in [0.2, 0.25) is 5.91 Å². The summed E-state index contributed by atoms with van der Waals surface area (Å²) in [4.78, 5) is 45.1. The number of nitrogens with one attached hydrogen (secondary N) is 1. The zero-order valence-electron chi connectivity index (χ0n) is 31.8. The Morgan fingerprint density at radius 3 is 2.30 bits per heavy atom. The molecule has 2 N–H and O–H groups in total. The zero-order valence-corrected chi connectivity index (χ0v) is 32.6. The standard InChI is InChI=1S/C45H41N5O6S/c1-4-7-40-47-42-27(2)20-30(21-38(42)50(40)24-29-10-14-31(15-11-29)34-8-5-6-9-35(34)44(52)53)25-55-33-18-19-36-37(23-33)49(3)41(46-36)26-56-32-16-12-28(13-17-32)22-39-43(51)48-45(54)57-39/h5-6,8-21,23,39H,4,7,22,24-26H2,1-3H3,(H,52,53)(H,48,51,54). The SMILES string of the molecule is CCCc1nc2c(C)cc(COc3ccc4nc(COc5ccc(CC6SC(=O)NC6=O)cc5)n(C)c4c3)cc2n1Cc1ccc(-c2ccccc2C(=O)O)cc1. The molecule has 1 aliphatic rings. The lowest BCUT2D eigenvalue weighted by molar-refractivity contribution is -0.118. The maximum Gasteiger partial charge on any atom is 0.336 e. The summed E-state index contributed by atoms with van der Waals surface area (Å²) >= 11 is 1.03. The Bertz CT molecular complexity index is 2650. The van der Waals surface area contributed by atoms with E-state index in [1.807, 2.05) is 78.3 Å². The predicted octanol–water partition coefficient (Wildman–Crippen LogP) is 8.65. The zero-order chi connectivity index (χ0) is 39.6. The molecule has 2 aromatic heterocycles. The van der Waals surface area contributed by atoms with Gasteiger partial charge >= 0.3 is 5.97 Å². The van der Waals surface area contributed by atoms with Gasteiger partial charge in [-0.1, -0.05) is 79.3 Å². The summed E-state index contributed by atoms with van der Waals surface area (Å²) < 4.78 is 16.7. The molecule has 1 atom stereocenters. The van der Waals surface area contributed by atoms with Crippen molar-refractivity contribution in [3.8, 4) is 22.6 Å². The van der Waals surface area contributed by atoms with E-state index in [0.717, 1.165) is 91.9 Å². The van der Waals surface area contributed by atoms with Crippen molar-refractivity contribution in [3.63, 3.8) is 0 Å². The second kappa shape index (κ2) is 16.0. The van der Waals surface area contributed by atoms with Crippen LogP contribution in [-0.4, -0.2) is 46.6 Å². The molecule has 0 saturated carbocycles. The van der Waals surface area contributed by atoms with Crippen LogP contribution in [0.1, 0.15) is 57.6 Å². The minimum Gasteiger partial charge on any atom is -0.489 e. The number of carboxylic acid groups (broad SMARTS) is 1. The number of nitrogens with zero attached hydrogens (tertiary/aromatic N) is 4. The third-order valence-corrected chi connectivity index (χ3v) is 11.2. The number of ether oxygens (including phenoxy) is 2. The molecule has 288 valence electrons. The van der Waals surface area contributed by atoms with Crippen LogP contribution in [0.15, 0.2) is 103 Å². The number of carbonyl (C=O) groups excluding carboxylic acids is 2. The number of carbonyl (C=O) groups is 3. The van der Waals surface area contributed by atoms with Crippen LogP contribution < -0.4 is 14.8 Å². The molecule has 11 nitrogen and oxygen atoms in total. The first kappa shape index (κ1) is 37.5. The van der Waals surface area contributed by atoms with E-state index in [9.17, 15) is 19.5 Å². The molecular formula is C45H41N5O6S. The third-order valence-electron chi connectivity index (χ3n) is 10.2. The molecule has 12 heteroatoms. The van der Waals surface area contributed by atoms with E-state index in [-0.39, 0.29) is 23.3 Å².